The van der Waals surface area contributed by atoms with Crippen molar-refractivity contribution in [3.63, 3.8) is 0 Å². The van der Waals surface area contributed by atoms with E-state index in [1.165, 1.54) is 0 Å². The fraction of sp³-hybridized carbons (Fsp3) is 0.316. The molecule has 28 heavy (non-hydrogen) atoms. The molecule has 9 heteroatoms. The van der Waals surface area contributed by atoms with Crippen molar-refractivity contribution in [3.8, 4) is 11.4 Å². The van der Waals surface area contributed by atoms with Gasteiger partial charge in [-0.15, -0.1) is 17.5 Å². The third-order valence-electron chi connectivity index (χ3n) is 4.18. The van der Waals surface area contributed by atoms with Crippen molar-refractivity contribution in [3.05, 3.63) is 64.9 Å². The summed E-state index contributed by atoms with van der Waals surface area (Å²) in [6, 6.07) is 13.5. The van der Waals surface area contributed by atoms with Crippen LogP contribution in [0.2, 0.25) is 5.02 Å². The van der Waals surface area contributed by atoms with Crippen LogP contribution in [0.5, 0.6) is 5.75 Å². The number of aryl methyl sites for hydroxylation is 1. The average molecular weight is 424 g/mol. The van der Waals surface area contributed by atoms with Gasteiger partial charge in [0.1, 0.15) is 24.8 Å². The van der Waals surface area contributed by atoms with Gasteiger partial charge in [-0.3, -0.25) is 0 Å². The Kier molecular flexibility index (Phi) is 8.19. The molecule has 3 rings (SSSR count). The molecule has 0 aliphatic carbocycles. The Hall–Kier alpha value is -2.19. The lowest BCUT2D eigenvalue weighted by atomic mass is 10.1. The first kappa shape index (κ1) is 22.1. The van der Waals surface area contributed by atoms with Crippen molar-refractivity contribution in [2.24, 2.45) is 0 Å². The highest BCUT2D eigenvalue weighted by molar-refractivity contribution is 6.32. The molecule has 0 radical (unpaired) electrons. The van der Waals surface area contributed by atoms with Gasteiger partial charge in [-0.25, -0.2) is 4.68 Å². The quantitative estimate of drug-likeness (QED) is 0.578. The number of nitrogens with zero attached hydrogens (tertiary/aromatic N) is 4. The van der Waals surface area contributed by atoms with Gasteiger partial charge >= 0.3 is 0 Å². The average Bonchev–Trinajstić information content (AvgIpc) is 3.20. The van der Waals surface area contributed by atoms with Gasteiger partial charge in [0.25, 0.3) is 0 Å². The molecule has 2 atom stereocenters. The molecule has 0 aliphatic rings. The highest BCUT2D eigenvalue weighted by atomic mass is 35.5. The number of halogens is 2. The largest absolute Gasteiger partial charge is 0.489 e. The van der Waals surface area contributed by atoms with Gasteiger partial charge in [-0.2, -0.15) is 0 Å². The predicted molar refractivity (Wildman–Crippen MR) is 111 cm³/mol. The Labute approximate surface area is 175 Å². The summed E-state index contributed by atoms with van der Waals surface area (Å²) in [5, 5.41) is 25.1. The Balaban J connectivity index is 0.00000280. The van der Waals surface area contributed by atoms with Gasteiger partial charge in [-0.1, -0.05) is 29.8 Å². The Bertz CT molecular complexity index is 859. The summed E-state index contributed by atoms with van der Waals surface area (Å²) < 4.78 is 7.20. The topological polar surface area (TPSA) is 85.1 Å². The first-order valence-corrected chi connectivity index (χ1v) is 9.04. The van der Waals surface area contributed by atoms with Crippen LogP contribution in [0.25, 0.3) is 5.69 Å². The van der Waals surface area contributed by atoms with Crippen LogP contribution in [0.3, 0.4) is 0 Å². The zero-order chi connectivity index (χ0) is 19.2. The summed E-state index contributed by atoms with van der Waals surface area (Å²) in [5.41, 5.74) is 3.05. The van der Waals surface area contributed by atoms with E-state index in [-0.39, 0.29) is 25.1 Å². The number of hydrogen-bond acceptors (Lipinski definition) is 6. The molecular formula is C19H23Cl2N5O2. The number of aliphatic hydroxyl groups is 1. The van der Waals surface area contributed by atoms with E-state index in [0.29, 0.717) is 17.3 Å². The van der Waals surface area contributed by atoms with E-state index in [4.69, 9.17) is 16.3 Å². The van der Waals surface area contributed by atoms with Gasteiger partial charge in [-0.05, 0) is 59.7 Å². The lowest BCUT2D eigenvalue weighted by Gasteiger charge is -2.18. The maximum atomic E-state index is 10.2. The molecule has 3 aromatic rings. The number of aromatic nitrogens is 4. The molecular weight excluding hydrogens is 401 g/mol. The van der Waals surface area contributed by atoms with Crippen molar-refractivity contribution in [1.82, 2.24) is 25.5 Å². The molecule has 2 aromatic carbocycles. The second-order valence-corrected chi connectivity index (χ2v) is 6.78. The number of hydrogen-bond donors (Lipinski definition) is 2. The minimum Gasteiger partial charge on any atom is -0.489 e. The number of nitrogens with one attached hydrogen (secondary N) is 1. The third-order valence-corrected chi connectivity index (χ3v) is 4.48. The minimum absolute atomic E-state index is 0. The molecule has 0 fully saturated rings. The van der Waals surface area contributed by atoms with Crippen LogP contribution in [0.1, 0.15) is 24.1 Å². The van der Waals surface area contributed by atoms with E-state index < -0.39 is 6.10 Å². The molecule has 0 amide bonds. The van der Waals surface area contributed by atoms with Crippen LogP contribution in [0, 0.1) is 6.92 Å². The summed E-state index contributed by atoms with van der Waals surface area (Å²) in [4.78, 5) is 0. The maximum absolute atomic E-state index is 10.2. The summed E-state index contributed by atoms with van der Waals surface area (Å²) in [6.07, 6.45) is 0.901. The van der Waals surface area contributed by atoms with Crippen molar-refractivity contribution in [2.45, 2.75) is 26.0 Å². The Morgan fingerprint density at radius 2 is 1.96 bits per heavy atom. The van der Waals surface area contributed by atoms with E-state index in [9.17, 15) is 5.11 Å². The van der Waals surface area contributed by atoms with Gasteiger partial charge in [0.2, 0.25) is 0 Å². The van der Waals surface area contributed by atoms with Crippen LogP contribution in [0.4, 0.5) is 0 Å². The molecule has 2 N–H and O–H groups in total. The second kappa shape index (κ2) is 10.4. The second-order valence-electron chi connectivity index (χ2n) is 6.37. The van der Waals surface area contributed by atoms with E-state index in [2.05, 4.69) is 20.8 Å². The lowest BCUT2D eigenvalue weighted by molar-refractivity contribution is 0.104. The standard InChI is InChI=1S/C19H22ClN5O2.ClH/c1-13-3-8-19(18(20)9-13)27-11-17(26)10-21-14(2)15-4-6-16(7-5-15)25-12-22-23-24-25;/h3-9,12,14,17,21,26H,10-11H2,1-2H3;1H. The molecule has 7 nitrogen and oxygen atoms in total. The minimum atomic E-state index is -0.648. The van der Waals surface area contributed by atoms with Crippen molar-refractivity contribution in [1.29, 1.82) is 0 Å². The van der Waals surface area contributed by atoms with Crippen LogP contribution < -0.4 is 10.1 Å². The van der Waals surface area contributed by atoms with Gasteiger partial charge in [0.05, 0.1) is 10.7 Å². The van der Waals surface area contributed by atoms with Crippen molar-refractivity contribution in [2.75, 3.05) is 13.2 Å². The lowest BCUT2D eigenvalue weighted by Crippen LogP contribution is -2.33. The SMILES string of the molecule is Cc1ccc(OCC(O)CNC(C)c2ccc(-n3cnnn3)cc2)c(Cl)c1.Cl. The van der Waals surface area contributed by atoms with E-state index >= 15 is 0 Å². The molecule has 0 saturated carbocycles. The fourth-order valence-electron chi connectivity index (χ4n) is 2.59. The first-order chi connectivity index (χ1) is 13.0. The number of rotatable bonds is 8. The van der Waals surface area contributed by atoms with E-state index in [1.807, 2.05) is 56.3 Å². The van der Waals surface area contributed by atoms with Crippen molar-refractivity contribution < 1.29 is 9.84 Å². The van der Waals surface area contributed by atoms with E-state index in [1.54, 1.807) is 11.0 Å². The highest BCUT2D eigenvalue weighted by Crippen LogP contribution is 2.25. The maximum Gasteiger partial charge on any atom is 0.143 e. The predicted octanol–water partition coefficient (Wildman–Crippen LogP) is 3.14. The molecule has 1 aromatic heterocycles. The molecule has 1 heterocycles. The van der Waals surface area contributed by atoms with Crippen LogP contribution >= 0.6 is 24.0 Å². The normalized spacial score (nSPS) is 12.9. The number of tetrazole rings is 1. The van der Waals surface area contributed by atoms with E-state index in [0.717, 1.165) is 16.8 Å². The third kappa shape index (κ3) is 5.90. The zero-order valence-corrected chi connectivity index (χ0v) is 17.2. The molecule has 0 bridgehead atoms. The summed E-state index contributed by atoms with van der Waals surface area (Å²) >= 11 is 6.13. The fourth-order valence-corrected chi connectivity index (χ4v) is 2.88. The molecule has 0 saturated heterocycles. The summed E-state index contributed by atoms with van der Waals surface area (Å²) in [7, 11) is 0. The summed E-state index contributed by atoms with van der Waals surface area (Å²) in [5.74, 6) is 0.576. The highest BCUT2D eigenvalue weighted by Gasteiger charge is 2.11. The van der Waals surface area contributed by atoms with Crippen molar-refractivity contribution >= 4 is 24.0 Å². The summed E-state index contributed by atoms with van der Waals surface area (Å²) in [6.45, 7) is 4.57. The smallest absolute Gasteiger partial charge is 0.143 e. The molecule has 0 spiro atoms. The first-order valence-electron chi connectivity index (χ1n) is 8.66. The van der Waals surface area contributed by atoms with Crippen LogP contribution in [-0.2, 0) is 0 Å². The molecule has 0 aliphatic heterocycles. The van der Waals surface area contributed by atoms with Crippen LogP contribution in [0.15, 0.2) is 48.8 Å². The number of benzene rings is 2. The Morgan fingerprint density at radius 3 is 2.61 bits per heavy atom. The van der Waals surface area contributed by atoms with Crippen LogP contribution in [-0.4, -0.2) is 44.6 Å². The van der Waals surface area contributed by atoms with Gasteiger partial charge in [0.15, 0.2) is 0 Å². The van der Waals surface area contributed by atoms with Gasteiger partial charge in [0, 0.05) is 12.6 Å². The number of ether oxygens (including phenoxy) is 1. The molecule has 2 unspecified atom stereocenters. The molecule has 150 valence electrons. The Morgan fingerprint density at radius 1 is 1.21 bits per heavy atom. The van der Waals surface area contributed by atoms with Gasteiger partial charge < -0.3 is 15.2 Å². The zero-order valence-electron chi connectivity index (χ0n) is 15.6. The number of aliphatic hydroxyl groups excluding tert-OH is 1. The monoisotopic (exact) mass is 423 g/mol.